The van der Waals surface area contributed by atoms with Crippen LogP contribution in [0.1, 0.15) is 16.8 Å². The number of H-pyrrole nitrogens is 1. The van der Waals surface area contributed by atoms with Crippen LogP contribution in [0.15, 0.2) is 36.7 Å². The van der Waals surface area contributed by atoms with E-state index in [9.17, 15) is 9.18 Å². The van der Waals surface area contributed by atoms with Gasteiger partial charge in [-0.15, -0.1) is 0 Å². The van der Waals surface area contributed by atoms with E-state index in [2.05, 4.69) is 10.3 Å². The quantitative estimate of drug-likeness (QED) is 0.909. The molecule has 2 aromatic rings. The number of carbonyl (C=O) groups excluding carboxylic acids is 1. The molecule has 0 aliphatic carbocycles. The summed E-state index contributed by atoms with van der Waals surface area (Å²) in [6.07, 6.45) is 4.46. The second-order valence-electron chi connectivity index (χ2n) is 5.35. The van der Waals surface area contributed by atoms with Gasteiger partial charge in [-0.05, 0) is 30.7 Å². The molecule has 110 valence electrons. The number of halogens is 1. The van der Waals surface area contributed by atoms with Crippen molar-refractivity contribution in [2.75, 3.05) is 20.1 Å². The van der Waals surface area contributed by atoms with Gasteiger partial charge in [-0.1, -0.05) is 12.1 Å². The fraction of sp³-hybridized carbons (Fsp3) is 0.312. The number of aromatic amines is 1. The van der Waals surface area contributed by atoms with E-state index in [-0.39, 0.29) is 17.8 Å². The first kappa shape index (κ1) is 13.8. The number of likely N-dealkylation sites (N-methyl/N-ethyl adjacent to an activating group) is 1. The molecule has 4 nitrogen and oxygen atoms in total. The van der Waals surface area contributed by atoms with E-state index >= 15 is 0 Å². The lowest BCUT2D eigenvalue weighted by molar-refractivity contribution is 0.0744. The Labute approximate surface area is 123 Å². The Hall–Kier alpha value is -2.14. The van der Waals surface area contributed by atoms with Crippen molar-refractivity contribution in [3.05, 3.63) is 48.0 Å². The highest BCUT2D eigenvalue weighted by Crippen LogP contribution is 2.25. The van der Waals surface area contributed by atoms with E-state index in [1.54, 1.807) is 29.4 Å². The molecule has 2 N–H and O–H groups in total. The van der Waals surface area contributed by atoms with Gasteiger partial charge in [0, 0.05) is 37.6 Å². The number of benzene rings is 1. The number of rotatable bonds is 3. The van der Waals surface area contributed by atoms with Gasteiger partial charge in [-0.2, -0.15) is 0 Å². The number of carbonyl (C=O) groups is 1. The Morgan fingerprint density at radius 1 is 1.29 bits per heavy atom. The summed E-state index contributed by atoms with van der Waals surface area (Å²) in [5.41, 5.74) is 2.26. The second kappa shape index (κ2) is 5.69. The van der Waals surface area contributed by atoms with Gasteiger partial charge in [0.2, 0.25) is 0 Å². The summed E-state index contributed by atoms with van der Waals surface area (Å²) in [5.74, 6) is -0.291. The average Bonchev–Trinajstić information content (AvgIpc) is 3.17. The van der Waals surface area contributed by atoms with Crippen LogP contribution in [0.5, 0.6) is 0 Å². The monoisotopic (exact) mass is 287 g/mol. The van der Waals surface area contributed by atoms with Gasteiger partial charge in [0.15, 0.2) is 0 Å². The van der Waals surface area contributed by atoms with Crippen LogP contribution >= 0.6 is 0 Å². The van der Waals surface area contributed by atoms with Crippen molar-refractivity contribution in [1.82, 2.24) is 15.2 Å². The molecular formula is C16H18FN3O. The molecule has 1 atom stereocenters. The number of nitrogens with one attached hydrogen (secondary N) is 2. The summed E-state index contributed by atoms with van der Waals surface area (Å²) in [6.45, 7) is 1.78. The van der Waals surface area contributed by atoms with Gasteiger partial charge in [0.05, 0.1) is 5.56 Å². The summed E-state index contributed by atoms with van der Waals surface area (Å²) in [4.78, 5) is 17.4. The van der Waals surface area contributed by atoms with Gasteiger partial charge in [-0.3, -0.25) is 4.79 Å². The molecule has 5 heteroatoms. The molecule has 0 radical (unpaired) electrons. The van der Waals surface area contributed by atoms with Crippen LogP contribution in [0.2, 0.25) is 0 Å². The molecule has 1 aliphatic heterocycles. The standard InChI is InChI=1S/C16H18FN3O/c1-20(13-6-7-18-8-13)16(21)15-10-19-9-14(15)11-2-4-12(17)5-3-11/h2-5,9-10,13,18-19H,6-8H2,1H3/t13-/m1/s1. The molecule has 1 saturated heterocycles. The van der Waals surface area contributed by atoms with Gasteiger partial charge < -0.3 is 15.2 Å². The van der Waals surface area contributed by atoms with E-state index in [1.165, 1.54) is 12.1 Å². The summed E-state index contributed by atoms with van der Waals surface area (Å²) in [5, 5.41) is 3.26. The van der Waals surface area contributed by atoms with Crippen molar-refractivity contribution in [1.29, 1.82) is 0 Å². The van der Waals surface area contributed by atoms with Crippen LogP contribution in [-0.4, -0.2) is 42.0 Å². The molecule has 0 unspecified atom stereocenters. The van der Waals surface area contributed by atoms with E-state index in [0.29, 0.717) is 5.56 Å². The molecule has 0 bridgehead atoms. The van der Waals surface area contributed by atoms with Gasteiger partial charge in [0.25, 0.3) is 5.91 Å². The summed E-state index contributed by atoms with van der Waals surface area (Å²) < 4.78 is 13.0. The summed E-state index contributed by atoms with van der Waals surface area (Å²) >= 11 is 0. The van der Waals surface area contributed by atoms with E-state index in [1.807, 2.05) is 7.05 Å². The molecule has 1 aromatic heterocycles. The van der Waals surface area contributed by atoms with Gasteiger partial charge in [-0.25, -0.2) is 4.39 Å². The lowest BCUT2D eigenvalue weighted by Gasteiger charge is -2.24. The highest BCUT2D eigenvalue weighted by molar-refractivity contribution is 6.00. The minimum atomic E-state index is -0.281. The topological polar surface area (TPSA) is 48.1 Å². The summed E-state index contributed by atoms with van der Waals surface area (Å²) in [7, 11) is 1.83. The molecule has 1 amide bonds. The SMILES string of the molecule is CN(C(=O)c1c[nH]cc1-c1ccc(F)cc1)[C@@H]1CCNC1. The Balaban J connectivity index is 1.87. The third kappa shape index (κ3) is 2.69. The maximum atomic E-state index is 13.0. The highest BCUT2D eigenvalue weighted by atomic mass is 19.1. The zero-order chi connectivity index (χ0) is 14.8. The normalized spacial score (nSPS) is 17.9. The first-order chi connectivity index (χ1) is 10.2. The maximum Gasteiger partial charge on any atom is 0.256 e. The third-order valence-electron chi connectivity index (χ3n) is 4.03. The first-order valence-corrected chi connectivity index (χ1v) is 7.07. The van der Waals surface area contributed by atoms with E-state index < -0.39 is 0 Å². The minimum absolute atomic E-state index is 0.00993. The first-order valence-electron chi connectivity index (χ1n) is 7.07. The maximum absolute atomic E-state index is 13.0. The number of hydrogen-bond acceptors (Lipinski definition) is 2. The molecule has 21 heavy (non-hydrogen) atoms. The smallest absolute Gasteiger partial charge is 0.256 e. The predicted octanol–water partition coefficient (Wildman–Crippen LogP) is 2.25. The van der Waals surface area contributed by atoms with Crippen molar-refractivity contribution in [3.63, 3.8) is 0 Å². The van der Waals surface area contributed by atoms with E-state index in [4.69, 9.17) is 0 Å². The molecule has 1 fully saturated rings. The van der Waals surface area contributed by atoms with Gasteiger partial charge in [0.1, 0.15) is 5.82 Å². The highest BCUT2D eigenvalue weighted by Gasteiger charge is 2.26. The fourth-order valence-corrected chi connectivity index (χ4v) is 2.73. The Morgan fingerprint density at radius 2 is 2.05 bits per heavy atom. The van der Waals surface area contributed by atoms with Crippen LogP contribution in [0.4, 0.5) is 4.39 Å². The number of hydrogen-bond donors (Lipinski definition) is 2. The van der Waals surface area contributed by atoms with Crippen molar-refractivity contribution >= 4 is 5.91 Å². The molecular weight excluding hydrogens is 269 g/mol. The zero-order valence-corrected chi connectivity index (χ0v) is 11.9. The largest absolute Gasteiger partial charge is 0.366 e. The van der Waals surface area contributed by atoms with Crippen LogP contribution < -0.4 is 5.32 Å². The lowest BCUT2D eigenvalue weighted by atomic mass is 10.0. The van der Waals surface area contributed by atoms with Crippen LogP contribution in [0, 0.1) is 5.82 Å². The average molecular weight is 287 g/mol. The Bertz CT molecular complexity index is 629. The zero-order valence-electron chi connectivity index (χ0n) is 11.9. The molecule has 1 aliphatic rings. The molecule has 0 saturated carbocycles. The Kier molecular flexibility index (Phi) is 3.75. The van der Waals surface area contributed by atoms with Gasteiger partial charge >= 0.3 is 0 Å². The molecule has 0 spiro atoms. The molecule has 2 heterocycles. The fourth-order valence-electron chi connectivity index (χ4n) is 2.73. The van der Waals surface area contributed by atoms with Crippen molar-refractivity contribution in [3.8, 4) is 11.1 Å². The number of nitrogens with zero attached hydrogens (tertiary/aromatic N) is 1. The third-order valence-corrected chi connectivity index (χ3v) is 4.03. The van der Waals surface area contributed by atoms with Crippen LogP contribution in [-0.2, 0) is 0 Å². The number of aromatic nitrogens is 1. The second-order valence-corrected chi connectivity index (χ2v) is 5.35. The Morgan fingerprint density at radius 3 is 2.71 bits per heavy atom. The molecule has 3 rings (SSSR count). The minimum Gasteiger partial charge on any atom is -0.366 e. The molecule has 1 aromatic carbocycles. The van der Waals surface area contributed by atoms with E-state index in [0.717, 1.165) is 30.6 Å². The van der Waals surface area contributed by atoms with Crippen LogP contribution in [0.3, 0.4) is 0 Å². The van der Waals surface area contributed by atoms with Crippen LogP contribution in [0.25, 0.3) is 11.1 Å². The predicted molar refractivity (Wildman–Crippen MR) is 79.6 cm³/mol. The van der Waals surface area contributed by atoms with Crippen molar-refractivity contribution in [2.24, 2.45) is 0 Å². The number of amides is 1. The van der Waals surface area contributed by atoms with Crippen molar-refractivity contribution in [2.45, 2.75) is 12.5 Å². The van der Waals surface area contributed by atoms with Crippen molar-refractivity contribution < 1.29 is 9.18 Å². The summed E-state index contributed by atoms with van der Waals surface area (Å²) in [6, 6.07) is 6.41. The lowest BCUT2D eigenvalue weighted by Crippen LogP contribution is -2.38.